The topological polar surface area (TPSA) is 51.6 Å². The summed E-state index contributed by atoms with van der Waals surface area (Å²) in [5.41, 5.74) is 11.2. The van der Waals surface area contributed by atoms with Crippen molar-refractivity contribution >= 4 is 0 Å². The van der Waals surface area contributed by atoms with E-state index in [2.05, 4.69) is 80.6 Å². The average molecular weight is 471 g/mol. The lowest BCUT2D eigenvalue weighted by atomic mass is 10.0. The van der Waals surface area contributed by atoms with Gasteiger partial charge in [-0.25, -0.2) is 0 Å². The van der Waals surface area contributed by atoms with Crippen LogP contribution in [-0.4, -0.2) is 19.9 Å². The minimum absolute atomic E-state index is 0.915. The zero-order valence-electron chi connectivity index (χ0n) is 20.9. The summed E-state index contributed by atoms with van der Waals surface area (Å²) in [7, 11) is 0. The van der Waals surface area contributed by atoms with E-state index in [-0.39, 0.29) is 0 Å². The van der Waals surface area contributed by atoms with Crippen molar-refractivity contribution in [3.8, 4) is 22.8 Å². The Bertz CT molecular complexity index is 1280. The van der Waals surface area contributed by atoms with Crippen LogP contribution in [-0.2, 0) is 25.7 Å². The molecule has 36 heavy (non-hydrogen) atoms. The normalized spacial score (nSPS) is 10.9. The molecule has 4 aromatic heterocycles. The number of aromatic nitrogens is 4. The van der Waals surface area contributed by atoms with Gasteiger partial charge in [0.2, 0.25) is 0 Å². The Morgan fingerprint density at radius 3 is 0.972 bits per heavy atom. The van der Waals surface area contributed by atoms with E-state index in [0.29, 0.717) is 0 Å². The number of benzene rings is 1. The molecule has 0 N–H and O–H groups in total. The fourth-order valence-corrected chi connectivity index (χ4v) is 4.14. The van der Waals surface area contributed by atoms with E-state index >= 15 is 0 Å². The van der Waals surface area contributed by atoms with E-state index in [1.807, 2.05) is 50.8 Å². The Balaban J connectivity index is 1.11. The zero-order valence-corrected chi connectivity index (χ0v) is 20.9. The maximum absolute atomic E-state index is 4.61. The Morgan fingerprint density at radius 1 is 0.361 bits per heavy atom. The van der Waals surface area contributed by atoms with Crippen molar-refractivity contribution in [2.45, 2.75) is 39.5 Å². The average Bonchev–Trinajstić information content (AvgIpc) is 2.93. The van der Waals surface area contributed by atoms with Crippen molar-refractivity contribution in [3.63, 3.8) is 0 Å². The van der Waals surface area contributed by atoms with Crippen LogP contribution in [0.25, 0.3) is 22.8 Å². The first-order valence-electron chi connectivity index (χ1n) is 12.5. The Morgan fingerprint density at radius 2 is 0.667 bits per heavy atom. The van der Waals surface area contributed by atoms with E-state index in [1.165, 1.54) is 22.3 Å². The second-order valence-electron chi connectivity index (χ2n) is 9.36. The van der Waals surface area contributed by atoms with Crippen molar-refractivity contribution in [2.24, 2.45) is 0 Å². The van der Waals surface area contributed by atoms with Crippen molar-refractivity contribution in [2.75, 3.05) is 0 Å². The third kappa shape index (κ3) is 6.08. The van der Waals surface area contributed by atoms with Crippen LogP contribution in [0, 0.1) is 13.8 Å². The Kier molecular flexibility index (Phi) is 7.23. The molecular weight excluding hydrogens is 440 g/mol. The van der Waals surface area contributed by atoms with Gasteiger partial charge in [0, 0.05) is 24.8 Å². The molecule has 0 radical (unpaired) electrons. The van der Waals surface area contributed by atoms with Gasteiger partial charge in [-0.1, -0.05) is 48.5 Å². The highest BCUT2D eigenvalue weighted by atomic mass is 14.8. The molecular formula is C32H30N4. The minimum Gasteiger partial charge on any atom is -0.254 e. The minimum atomic E-state index is 0.915. The lowest BCUT2D eigenvalue weighted by molar-refractivity contribution is 0.931. The smallest absolute Gasteiger partial charge is 0.0886 e. The number of aryl methyl sites for hydroxylation is 6. The quantitative estimate of drug-likeness (QED) is 0.251. The molecule has 0 saturated heterocycles. The lowest BCUT2D eigenvalue weighted by Crippen LogP contribution is -1.96. The molecule has 0 aliphatic carbocycles. The second kappa shape index (κ2) is 11.0. The molecule has 0 saturated carbocycles. The summed E-state index contributed by atoms with van der Waals surface area (Å²) in [5.74, 6) is 0. The molecule has 5 aromatic rings. The van der Waals surface area contributed by atoms with Crippen molar-refractivity contribution in [3.05, 3.63) is 131 Å². The van der Waals surface area contributed by atoms with Crippen molar-refractivity contribution < 1.29 is 0 Å². The monoisotopic (exact) mass is 470 g/mol. The molecule has 0 amide bonds. The molecule has 0 unspecified atom stereocenters. The van der Waals surface area contributed by atoms with Crippen LogP contribution in [0.4, 0.5) is 0 Å². The molecule has 4 nitrogen and oxygen atoms in total. The molecule has 1 aromatic carbocycles. The van der Waals surface area contributed by atoms with Crippen LogP contribution in [0.1, 0.15) is 33.4 Å². The highest BCUT2D eigenvalue weighted by Crippen LogP contribution is 2.18. The Hall–Kier alpha value is -4.18. The van der Waals surface area contributed by atoms with Crippen molar-refractivity contribution in [1.82, 2.24) is 19.9 Å². The van der Waals surface area contributed by atoms with Gasteiger partial charge in [0.25, 0.3) is 0 Å². The maximum Gasteiger partial charge on any atom is 0.0886 e. The molecule has 0 bridgehead atoms. The fraction of sp³-hybridized carbons (Fsp3) is 0.188. The van der Waals surface area contributed by atoms with Crippen molar-refractivity contribution in [1.29, 1.82) is 0 Å². The second-order valence-corrected chi connectivity index (χ2v) is 9.36. The van der Waals surface area contributed by atoms with E-state index < -0.39 is 0 Å². The van der Waals surface area contributed by atoms with E-state index in [4.69, 9.17) is 0 Å². The number of nitrogens with zero attached hydrogens (tertiary/aromatic N) is 4. The molecule has 4 heterocycles. The predicted octanol–water partition coefficient (Wildman–Crippen LogP) is 6.79. The van der Waals surface area contributed by atoms with Gasteiger partial charge in [-0.15, -0.1) is 0 Å². The summed E-state index contributed by atoms with van der Waals surface area (Å²) in [6, 6.07) is 25.6. The molecule has 5 rings (SSSR count). The third-order valence-electron chi connectivity index (χ3n) is 6.42. The number of pyridine rings is 4. The van der Waals surface area contributed by atoms with Crippen LogP contribution in [0.3, 0.4) is 0 Å². The van der Waals surface area contributed by atoms with E-state index in [0.717, 1.165) is 59.6 Å². The molecule has 0 spiro atoms. The van der Waals surface area contributed by atoms with Crippen LogP contribution in [0.5, 0.6) is 0 Å². The summed E-state index contributed by atoms with van der Waals surface area (Å²) in [6.07, 6.45) is 11.7. The first-order valence-corrected chi connectivity index (χ1v) is 12.5. The molecule has 0 aliphatic rings. The molecule has 178 valence electrons. The standard InChI is InChI=1S/C32H30N4/c1-23-3-15-29(33-19-23)31-17-13-27(21-35-31)11-9-25-5-7-26(8-6-25)10-12-28-14-18-32(36-22-28)30-16-4-24(2)20-34-30/h3-8,13-22H,9-12H2,1-2H3. The van der Waals surface area contributed by atoms with Gasteiger partial charge in [0.05, 0.1) is 22.8 Å². The van der Waals surface area contributed by atoms with Gasteiger partial charge in [-0.3, -0.25) is 19.9 Å². The zero-order chi connectivity index (χ0) is 24.7. The van der Waals surface area contributed by atoms with Gasteiger partial charge in [-0.2, -0.15) is 0 Å². The SMILES string of the molecule is Cc1ccc(-c2ccc(CCc3ccc(CCc4ccc(-c5ccc(C)cn5)nc4)cc3)cn2)nc1. The Labute approximate surface area is 213 Å². The van der Waals surface area contributed by atoms with Crippen LogP contribution in [0.2, 0.25) is 0 Å². The predicted molar refractivity (Wildman–Crippen MR) is 146 cm³/mol. The molecule has 4 heteroatoms. The third-order valence-corrected chi connectivity index (χ3v) is 6.42. The van der Waals surface area contributed by atoms with E-state index in [9.17, 15) is 0 Å². The first-order chi connectivity index (χ1) is 17.6. The van der Waals surface area contributed by atoms with Crippen LogP contribution < -0.4 is 0 Å². The number of hydrogen-bond acceptors (Lipinski definition) is 4. The lowest BCUT2D eigenvalue weighted by Gasteiger charge is -2.07. The highest BCUT2D eigenvalue weighted by molar-refractivity contribution is 5.54. The summed E-state index contributed by atoms with van der Waals surface area (Å²) in [4.78, 5) is 18.2. The number of hydrogen-bond donors (Lipinski definition) is 0. The summed E-state index contributed by atoms with van der Waals surface area (Å²) >= 11 is 0. The summed E-state index contributed by atoms with van der Waals surface area (Å²) < 4.78 is 0. The highest BCUT2D eigenvalue weighted by Gasteiger charge is 2.04. The largest absolute Gasteiger partial charge is 0.254 e. The van der Waals surface area contributed by atoms with Gasteiger partial charge < -0.3 is 0 Å². The molecule has 0 atom stereocenters. The van der Waals surface area contributed by atoms with Crippen LogP contribution >= 0.6 is 0 Å². The van der Waals surface area contributed by atoms with Gasteiger partial charge >= 0.3 is 0 Å². The van der Waals surface area contributed by atoms with Gasteiger partial charge in [0.15, 0.2) is 0 Å². The summed E-state index contributed by atoms with van der Waals surface area (Å²) in [5, 5.41) is 0. The first kappa shape index (κ1) is 23.6. The maximum atomic E-state index is 4.61. The number of rotatable bonds is 8. The van der Waals surface area contributed by atoms with Gasteiger partial charge in [-0.05, 0) is 97.2 Å². The van der Waals surface area contributed by atoms with E-state index in [1.54, 1.807) is 0 Å². The van der Waals surface area contributed by atoms with Gasteiger partial charge in [0.1, 0.15) is 0 Å². The van der Waals surface area contributed by atoms with Crippen LogP contribution in [0.15, 0.2) is 97.6 Å². The fourth-order valence-electron chi connectivity index (χ4n) is 4.14. The molecule has 0 fully saturated rings. The molecule has 0 aliphatic heterocycles. The summed E-state index contributed by atoms with van der Waals surface area (Å²) in [6.45, 7) is 4.08.